The standard InChI is InChI=1S/C15H24O2/c16-14-7-4-12(5-8-14)15-9-6-13(10-17-15)11-2-1-3-11/h11-13,15H,1-10H2. The van der Waals surface area contributed by atoms with Crippen LogP contribution in [0.4, 0.5) is 0 Å². The second-order valence-electron chi connectivity index (χ2n) is 6.28. The van der Waals surface area contributed by atoms with Crippen LogP contribution in [-0.4, -0.2) is 18.5 Å². The van der Waals surface area contributed by atoms with Gasteiger partial charge < -0.3 is 4.74 Å². The number of hydrogen-bond donors (Lipinski definition) is 0. The summed E-state index contributed by atoms with van der Waals surface area (Å²) >= 11 is 0. The fourth-order valence-corrected chi connectivity index (χ4v) is 3.78. The molecule has 1 saturated heterocycles. The quantitative estimate of drug-likeness (QED) is 0.735. The molecular formula is C15H24O2. The van der Waals surface area contributed by atoms with Crippen LogP contribution < -0.4 is 0 Å². The summed E-state index contributed by atoms with van der Waals surface area (Å²) in [6.45, 7) is 1.000. The molecule has 0 spiro atoms. The number of Topliss-reactive ketones (excluding diaryl/α,β-unsaturated/α-hetero) is 1. The van der Waals surface area contributed by atoms with Crippen molar-refractivity contribution in [1.82, 2.24) is 0 Å². The molecule has 2 heteroatoms. The lowest BCUT2D eigenvalue weighted by Crippen LogP contribution is -2.37. The zero-order valence-electron chi connectivity index (χ0n) is 10.7. The monoisotopic (exact) mass is 236 g/mol. The van der Waals surface area contributed by atoms with Crippen LogP contribution in [0, 0.1) is 17.8 Å². The molecule has 2 atom stereocenters. The topological polar surface area (TPSA) is 26.3 Å². The molecule has 0 radical (unpaired) electrons. The Bertz CT molecular complexity index is 265. The molecule has 2 nitrogen and oxygen atoms in total. The molecule has 0 aromatic heterocycles. The molecule has 0 amide bonds. The van der Waals surface area contributed by atoms with Gasteiger partial charge in [-0.3, -0.25) is 4.79 Å². The minimum Gasteiger partial charge on any atom is -0.378 e. The van der Waals surface area contributed by atoms with E-state index in [2.05, 4.69) is 0 Å². The van der Waals surface area contributed by atoms with Crippen LogP contribution in [0.1, 0.15) is 57.8 Å². The first-order valence-corrected chi connectivity index (χ1v) is 7.46. The van der Waals surface area contributed by atoms with E-state index in [-0.39, 0.29) is 0 Å². The normalized spacial score (nSPS) is 36.8. The van der Waals surface area contributed by atoms with E-state index in [0.717, 1.165) is 44.1 Å². The first kappa shape index (κ1) is 11.7. The van der Waals surface area contributed by atoms with Crippen molar-refractivity contribution in [2.24, 2.45) is 17.8 Å². The summed E-state index contributed by atoms with van der Waals surface area (Å²) in [5.41, 5.74) is 0. The summed E-state index contributed by atoms with van der Waals surface area (Å²) in [4.78, 5) is 11.2. The molecule has 0 bridgehead atoms. The molecule has 3 aliphatic rings. The fraction of sp³-hybridized carbons (Fsp3) is 0.933. The first-order valence-electron chi connectivity index (χ1n) is 7.46. The van der Waals surface area contributed by atoms with Crippen molar-refractivity contribution in [3.8, 4) is 0 Å². The van der Waals surface area contributed by atoms with E-state index in [4.69, 9.17) is 4.74 Å². The fourth-order valence-electron chi connectivity index (χ4n) is 3.78. The van der Waals surface area contributed by atoms with Crippen LogP contribution in [0.15, 0.2) is 0 Å². The van der Waals surface area contributed by atoms with Crippen LogP contribution in [0.25, 0.3) is 0 Å². The Morgan fingerprint density at radius 2 is 1.59 bits per heavy atom. The lowest BCUT2D eigenvalue weighted by atomic mass is 9.72. The van der Waals surface area contributed by atoms with Gasteiger partial charge in [-0.25, -0.2) is 0 Å². The third-order valence-corrected chi connectivity index (χ3v) is 5.28. The van der Waals surface area contributed by atoms with Crippen molar-refractivity contribution < 1.29 is 9.53 Å². The van der Waals surface area contributed by atoms with Gasteiger partial charge in [-0.05, 0) is 43.4 Å². The molecule has 17 heavy (non-hydrogen) atoms. The highest BCUT2D eigenvalue weighted by Gasteiger charge is 2.35. The average Bonchev–Trinajstić information content (AvgIpc) is 2.29. The maximum atomic E-state index is 11.2. The maximum absolute atomic E-state index is 11.2. The summed E-state index contributed by atoms with van der Waals surface area (Å²) in [5, 5.41) is 0. The molecule has 1 aliphatic heterocycles. The molecule has 0 aromatic rings. The molecule has 2 saturated carbocycles. The van der Waals surface area contributed by atoms with Crippen LogP contribution in [-0.2, 0) is 9.53 Å². The Labute approximate surface area is 104 Å². The zero-order chi connectivity index (χ0) is 11.7. The summed E-state index contributed by atoms with van der Waals surface area (Å²) in [6.07, 6.45) is 11.2. The molecule has 3 fully saturated rings. The van der Waals surface area contributed by atoms with Crippen LogP contribution in [0.5, 0.6) is 0 Å². The molecular weight excluding hydrogens is 212 g/mol. The maximum Gasteiger partial charge on any atom is 0.132 e. The van der Waals surface area contributed by atoms with E-state index >= 15 is 0 Å². The van der Waals surface area contributed by atoms with E-state index in [9.17, 15) is 4.79 Å². The Morgan fingerprint density at radius 1 is 0.824 bits per heavy atom. The van der Waals surface area contributed by atoms with Gasteiger partial charge in [0.05, 0.1) is 12.7 Å². The van der Waals surface area contributed by atoms with Gasteiger partial charge in [0.1, 0.15) is 5.78 Å². The molecule has 96 valence electrons. The van der Waals surface area contributed by atoms with Gasteiger partial charge in [0.15, 0.2) is 0 Å². The largest absolute Gasteiger partial charge is 0.378 e. The van der Waals surface area contributed by atoms with Crippen LogP contribution in [0.3, 0.4) is 0 Å². The first-order chi connectivity index (χ1) is 8.33. The van der Waals surface area contributed by atoms with Crippen molar-refractivity contribution >= 4 is 5.78 Å². The highest BCUT2D eigenvalue weighted by Crippen LogP contribution is 2.40. The Hall–Kier alpha value is -0.370. The average molecular weight is 236 g/mol. The third-order valence-electron chi connectivity index (χ3n) is 5.28. The highest BCUT2D eigenvalue weighted by atomic mass is 16.5. The lowest BCUT2D eigenvalue weighted by molar-refractivity contribution is -0.123. The van der Waals surface area contributed by atoms with Crippen LogP contribution in [0.2, 0.25) is 0 Å². The Kier molecular flexibility index (Phi) is 3.51. The van der Waals surface area contributed by atoms with E-state index in [1.807, 2.05) is 0 Å². The predicted molar refractivity (Wildman–Crippen MR) is 66.8 cm³/mol. The van der Waals surface area contributed by atoms with Crippen molar-refractivity contribution in [3.05, 3.63) is 0 Å². The van der Waals surface area contributed by atoms with E-state index < -0.39 is 0 Å². The highest BCUT2D eigenvalue weighted by molar-refractivity contribution is 5.79. The van der Waals surface area contributed by atoms with Gasteiger partial charge in [-0.15, -0.1) is 0 Å². The van der Waals surface area contributed by atoms with Gasteiger partial charge in [0.25, 0.3) is 0 Å². The number of ether oxygens (including phenoxy) is 1. The van der Waals surface area contributed by atoms with Crippen molar-refractivity contribution in [1.29, 1.82) is 0 Å². The van der Waals surface area contributed by atoms with Gasteiger partial charge in [0, 0.05) is 12.8 Å². The molecule has 1 heterocycles. The van der Waals surface area contributed by atoms with E-state index in [1.165, 1.54) is 32.1 Å². The van der Waals surface area contributed by atoms with E-state index in [1.54, 1.807) is 0 Å². The van der Waals surface area contributed by atoms with Gasteiger partial charge in [0.2, 0.25) is 0 Å². The summed E-state index contributed by atoms with van der Waals surface area (Å²) in [5.74, 6) is 2.97. The number of ketones is 1. The minimum atomic E-state index is 0.462. The van der Waals surface area contributed by atoms with E-state index in [0.29, 0.717) is 17.8 Å². The van der Waals surface area contributed by atoms with Gasteiger partial charge >= 0.3 is 0 Å². The minimum absolute atomic E-state index is 0.462. The van der Waals surface area contributed by atoms with Crippen molar-refractivity contribution in [3.63, 3.8) is 0 Å². The number of carbonyl (C=O) groups excluding carboxylic acids is 1. The molecule has 2 aliphatic carbocycles. The zero-order valence-corrected chi connectivity index (χ0v) is 10.7. The van der Waals surface area contributed by atoms with Gasteiger partial charge in [-0.1, -0.05) is 19.3 Å². The molecule has 3 rings (SSSR count). The predicted octanol–water partition coefficient (Wildman–Crippen LogP) is 3.34. The van der Waals surface area contributed by atoms with Gasteiger partial charge in [-0.2, -0.15) is 0 Å². The third kappa shape index (κ3) is 2.57. The lowest BCUT2D eigenvalue weighted by Gasteiger charge is -2.41. The number of hydrogen-bond acceptors (Lipinski definition) is 2. The number of carbonyl (C=O) groups is 1. The Morgan fingerprint density at radius 3 is 2.12 bits per heavy atom. The number of rotatable bonds is 2. The summed E-state index contributed by atoms with van der Waals surface area (Å²) in [6, 6.07) is 0. The molecule has 2 unspecified atom stereocenters. The smallest absolute Gasteiger partial charge is 0.132 e. The molecule has 0 aromatic carbocycles. The van der Waals surface area contributed by atoms with Crippen LogP contribution >= 0.6 is 0 Å². The Balaban J connectivity index is 1.46. The molecule has 0 N–H and O–H groups in total. The van der Waals surface area contributed by atoms with Crippen molar-refractivity contribution in [2.45, 2.75) is 63.9 Å². The summed E-state index contributed by atoms with van der Waals surface area (Å²) < 4.78 is 6.11. The van der Waals surface area contributed by atoms with Crippen molar-refractivity contribution in [2.75, 3.05) is 6.61 Å². The second-order valence-corrected chi connectivity index (χ2v) is 6.28. The SMILES string of the molecule is O=C1CCC(C2CCC(C3CCC3)CO2)CC1. The summed E-state index contributed by atoms with van der Waals surface area (Å²) in [7, 11) is 0. The second kappa shape index (κ2) is 5.09.